The molecule has 0 amide bonds. The van der Waals surface area contributed by atoms with Gasteiger partial charge in [-0.2, -0.15) is 0 Å². The second-order valence-corrected chi connectivity index (χ2v) is 7.22. The summed E-state index contributed by atoms with van der Waals surface area (Å²) >= 11 is 3.32. The van der Waals surface area contributed by atoms with Crippen LogP contribution in [0.5, 0.6) is 11.5 Å². The first kappa shape index (κ1) is 13.8. The molecule has 0 saturated carbocycles. The Bertz CT molecular complexity index is 863. The second kappa shape index (κ2) is 5.40. The minimum atomic E-state index is 0.269. The standard InChI is InChI=1S/C15H13N3O2S2/c1-3-21-15-13-14(22-8(2)16-13)12(17-18-15)9-4-5-10-11(6-9)20-7-19-10/h4-6H,3,7H2,1-2H3. The zero-order valence-corrected chi connectivity index (χ0v) is 13.8. The van der Waals surface area contributed by atoms with Crippen molar-refractivity contribution in [2.45, 2.75) is 18.9 Å². The number of benzene rings is 1. The number of thiazole rings is 1. The molecule has 7 heteroatoms. The van der Waals surface area contributed by atoms with Gasteiger partial charge in [0.1, 0.15) is 16.2 Å². The van der Waals surface area contributed by atoms with Crippen LogP contribution in [0.1, 0.15) is 11.9 Å². The van der Waals surface area contributed by atoms with Crippen LogP contribution in [0.15, 0.2) is 23.2 Å². The van der Waals surface area contributed by atoms with E-state index in [0.29, 0.717) is 0 Å². The van der Waals surface area contributed by atoms with Gasteiger partial charge in [-0.15, -0.1) is 33.3 Å². The molecule has 3 heterocycles. The number of nitrogens with zero attached hydrogens (tertiary/aromatic N) is 3. The highest BCUT2D eigenvalue weighted by molar-refractivity contribution is 7.99. The molecule has 0 bridgehead atoms. The quantitative estimate of drug-likeness (QED) is 0.678. The van der Waals surface area contributed by atoms with E-state index in [9.17, 15) is 0 Å². The highest BCUT2D eigenvalue weighted by Gasteiger charge is 2.19. The molecule has 0 saturated heterocycles. The fourth-order valence-corrected chi connectivity index (χ4v) is 4.04. The van der Waals surface area contributed by atoms with Crippen LogP contribution in [0.2, 0.25) is 0 Å². The third-order valence-electron chi connectivity index (χ3n) is 3.32. The lowest BCUT2D eigenvalue weighted by Crippen LogP contribution is -1.93. The van der Waals surface area contributed by atoms with Crippen molar-refractivity contribution in [1.82, 2.24) is 15.2 Å². The molecule has 0 atom stereocenters. The van der Waals surface area contributed by atoms with E-state index in [1.807, 2.05) is 25.1 Å². The third kappa shape index (κ3) is 2.21. The van der Waals surface area contributed by atoms with Crippen LogP contribution in [0.25, 0.3) is 21.5 Å². The fourth-order valence-electron chi connectivity index (χ4n) is 2.39. The summed E-state index contributed by atoms with van der Waals surface area (Å²) in [5.41, 5.74) is 2.76. The number of rotatable bonds is 3. The first-order valence-corrected chi connectivity index (χ1v) is 8.73. The number of fused-ring (bicyclic) bond motifs is 2. The van der Waals surface area contributed by atoms with Crippen molar-refractivity contribution in [3.8, 4) is 22.8 Å². The van der Waals surface area contributed by atoms with Gasteiger partial charge in [-0.05, 0) is 30.9 Å². The Morgan fingerprint density at radius 3 is 2.95 bits per heavy atom. The number of thioether (sulfide) groups is 1. The van der Waals surface area contributed by atoms with Crippen LogP contribution >= 0.6 is 23.1 Å². The van der Waals surface area contributed by atoms with Gasteiger partial charge >= 0.3 is 0 Å². The Balaban J connectivity index is 1.90. The van der Waals surface area contributed by atoms with E-state index >= 15 is 0 Å². The zero-order valence-electron chi connectivity index (χ0n) is 12.1. The summed E-state index contributed by atoms with van der Waals surface area (Å²) < 4.78 is 11.9. The van der Waals surface area contributed by atoms with Gasteiger partial charge in [-0.3, -0.25) is 0 Å². The van der Waals surface area contributed by atoms with Crippen molar-refractivity contribution in [3.05, 3.63) is 23.2 Å². The molecule has 2 aromatic heterocycles. The van der Waals surface area contributed by atoms with E-state index in [2.05, 4.69) is 22.1 Å². The topological polar surface area (TPSA) is 57.1 Å². The summed E-state index contributed by atoms with van der Waals surface area (Å²) in [6.07, 6.45) is 0. The summed E-state index contributed by atoms with van der Waals surface area (Å²) in [6.45, 7) is 4.38. The smallest absolute Gasteiger partial charge is 0.231 e. The Morgan fingerprint density at radius 2 is 2.09 bits per heavy atom. The van der Waals surface area contributed by atoms with E-state index in [4.69, 9.17) is 9.47 Å². The number of aromatic nitrogens is 3. The van der Waals surface area contributed by atoms with Gasteiger partial charge in [0.15, 0.2) is 11.5 Å². The molecule has 0 spiro atoms. The molecule has 0 N–H and O–H groups in total. The molecule has 0 aliphatic carbocycles. The molecule has 0 unspecified atom stereocenters. The second-order valence-electron chi connectivity index (χ2n) is 4.77. The number of hydrogen-bond donors (Lipinski definition) is 0. The zero-order chi connectivity index (χ0) is 15.1. The van der Waals surface area contributed by atoms with Crippen LogP contribution in [0.3, 0.4) is 0 Å². The minimum absolute atomic E-state index is 0.269. The molecular weight excluding hydrogens is 318 g/mol. The van der Waals surface area contributed by atoms with Crippen molar-refractivity contribution in [1.29, 1.82) is 0 Å². The predicted molar refractivity (Wildman–Crippen MR) is 87.9 cm³/mol. The summed E-state index contributed by atoms with van der Waals surface area (Å²) in [6, 6.07) is 5.85. The molecular formula is C15H13N3O2S2. The molecule has 0 fully saturated rings. The van der Waals surface area contributed by atoms with Crippen LogP contribution in [0, 0.1) is 6.92 Å². The maximum atomic E-state index is 5.45. The average Bonchev–Trinajstić information content (AvgIpc) is 3.12. The Labute approximate surface area is 135 Å². The molecule has 5 nitrogen and oxygen atoms in total. The predicted octanol–water partition coefficient (Wildman–Crippen LogP) is 3.90. The highest BCUT2D eigenvalue weighted by Crippen LogP contribution is 2.39. The summed E-state index contributed by atoms with van der Waals surface area (Å²) in [7, 11) is 0. The van der Waals surface area contributed by atoms with Gasteiger partial charge in [0.05, 0.1) is 9.71 Å². The van der Waals surface area contributed by atoms with Crippen molar-refractivity contribution >= 4 is 33.3 Å². The molecule has 1 aromatic carbocycles. The van der Waals surface area contributed by atoms with Gasteiger partial charge in [0.2, 0.25) is 6.79 Å². The van der Waals surface area contributed by atoms with E-state index in [0.717, 1.165) is 48.8 Å². The molecule has 3 aromatic rings. The first-order chi connectivity index (χ1) is 10.8. The molecule has 1 aliphatic rings. The van der Waals surface area contributed by atoms with Crippen LogP contribution in [-0.4, -0.2) is 27.7 Å². The summed E-state index contributed by atoms with van der Waals surface area (Å²) in [5, 5.41) is 10.7. The maximum Gasteiger partial charge on any atom is 0.231 e. The Hall–Kier alpha value is -1.86. The lowest BCUT2D eigenvalue weighted by atomic mass is 10.1. The van der Waals surface area contributed by atoms with Gasteiger partial charge in [0.25, 0.3) is 0 Å². The van der Waals surface area contributed by atoms with E-state index in [1.165, 1.54) is 0 Å². The van der Waals surface area contributed by atoms with E-state index in [-0.39, 0.29) is 6.79 Å². The van der Waals surface area contributed by atoms with Crippen molar-refractivity contribution < 1.29 is 9.47 Å². The Kier molecular flexibility index (Phi) is 3.38. The van der Waals surface area contributed by atoms with Crippen LogP contribution in [0.4, 0.5) is 0 Å². The van der Waals surface area contributed by atoms with Crippen molar-refractivity contribution in [3.63, 3.8) is 0 Å². The molecule has 22 heavy (non-hydrogen) atoms. The van der Waals surface area contributed by atoms with E-state index in [1.54, 1.807) is 23.1 Å². The highest BCUT2D eigenvalue weighted by atomic mass is 32.2. The monoisotopic (exact) mass is 331 g/mol. The summed E-state index contributed by atoms with van der Waals surface area (Å²) in [5.74, 6) is 2.47. The SMILES string of the molecule is CCSc1nnc(-c2ccc3c(c2)OCO3)c2sc(C)nc12. The third-order valence-corrected chi connectivity index (χ3v) is 5.13. The number of aryl methyl sites for hydroxylation is 1. The molecule has 4 rings (SSSR count). The Morgan fingerprint density at radius 1 is 1.23 bits per heavy atom. The lowest BCUT2D eigenvalue weighted by molar-refractivity contribution is 0.174. The van der Waals surface area contributed by atoms with Crippen molar-refractivity contribution in [2.75, 3.05) is 12.5 Å². The minimum Gasteiger partial charge on any atom is -0.454 e. The molecule has 0 radical (unpaired) electrons. The maximum absolute atomic E-state index is 5.45. The largest absolute Gasteiger partial charge is 0.454 e. The van der Waals surface area contributed by atoms with Crippen LogP contribution in [-0.2, 0) is 0 Å². The van der Waals surface area contributed by atoms with Gasteiger partial charge in [0, 0.05) is 5.56 Å². The average molecular weight is 331 g/mol. The molecule has 1 aliphatic heterocycles. The van der Waals surface area contributed by atoms with Gasteiger partial charge < -0.3 is 9.47 Å². The molecule has 112 valence electrons. The lowest BCUT2D eigenvalue weighted by Gasteiger charge is -2.05. The number of ether oxygens (including phenoxy) is 2. The first-order valence-electron chi connectivity index (χ1n) is 6.93. The fraction of sp³-hybridized carbons (Fsp3) is 0.267. The normalized spacial score (nSPS) is 13.0. The van der Waals surface area contributed by atoms with E-state index < -0.39 is 0 Å². The van der Waals surface area contributed by atoms with Crippen molar-refractivity contribution in [2.24, 2.45) is 0 Å². The number of hydrogen-bond acceptors (Lipinski definition) is 7. The summed E-state index contributed by atoms with van der Waals surface area (Å²) in [4.78, 5) is 4.63. The van der Waals surface area contributed by atoms with Gasteiger partial charge in [-0.25, -0.2) is 4.98 Å². The van der Waals surface area contributed by atoms with Gasteiger partial charge in [-0.1, -0.05) is 6.92 Å². The van der Waals surface area contributed by atoms with Crippen LogP contribution < -0.4 is 9.47 Å².